The highest BCUT2D eigenvalue weighted by molar-refractivity contribution is 6.36. The van der Waals surface area contributed by atoms with Gasteiger partial charge in [0.25, 0.3) is 0 Å². The lowest BCUT2D eigenvalue weighted by molar-refractivity contribution is -0.125. The van der Waals surface area contributed by atoms with Gasteiger partial charge in [-0.15, -0.1) is 0 Å². The summed E-state index contributed by atoms with van der Waals surface area (Å²) in [6.07, 6.45) is 1.80. The fraction of sp³-hybridized carbons (Fsp3) is 0.562. The highest BCUT2D eigenvalue weighted by Gasteiger charge is 2.28. The van der Waals surface area contributed by atoms with Crippen LogP contribution in [0.25, 0.3) is 0 Å². The zero-order valence-electron chi connectivity index (χ0n) is 12.5. The van der Waals surface area contributed by atoms with Crippen LogP contribution in [-0.4, -0.2) is 25.5 Å². The molecule has 1 amide bonds. The molecule has 116 valence electrons. The van der Waals surface area contributed by atoms with E-state index in [0.29, 0.717) is 16.6 Å². The molecular weight excluding hydrogens is 307 g/mol. The van der Waals surface area contributed by atoms with Gasteiger partial charge in [0.1, 0.15) is 0 Å². The Morgan fingerprint density at radius 2 is 1.86 bits per heavy atom. The van der Waals surface area contributed by atoms with Crippen molar-refractivity contribution in [2.45, 2.75) is 32.1 Å². The first kappa shape index (κ1) is 16.6. The Morgan fingerprint density at radius 3 is 2.43 bits per heavy atom. The third-order valence-corrected chi connectivity index (χ3v) is 4.68. The molecule has 2 rings (SSSR count). The van der Waals surface area contributed by atoms with Crippen molar-refractivity contribution in [3.63, 3.8) is 0 Å². The van der Waals surface area contributed by atoms with Crippen molar-refractivity contribution in [2.24, 2.45) is 5.92 Å². The molecule has 1 fully saturated rings. The van der Waals surface area contributed by atoms with Crippen LogP contribution in [-0.2, 0) is 10.2 Å². The van der Waals surface area contributed by atoms with Crippen molar-refractivity contribution >= 4 is 29.1 Å². The topological polar surface area (TPSA) is 41.1 Å². The molecule has 1 saturated heterocycles. The summed E-state index contributed by atoms with van der Waals surface area (Å²) in [5.74, 6) is 0.247. The molecule has 0 aliphatic carbocycles. The molecule has 5 heteroatoms. The molecule has 0 unspecified atom stereocenters. The van der Waals surface area contributed by atoms with Crippen molar-refractivity contribution in [1.82, 2.24) is 10.6 Å². The molecule has 3 nitrogen and oxygen atoms in total. The van der Waals surface area contributed by atoms with Crippen LogP contribution in [0.4, 0.5) is 0 Å². The second-order valence-corrected chi connectivity index (χ2v) is 7.04. The SMILES string of the molecule is CC(C)(CNC(=O)C1CCNCC1)c1c(Cl)cccc1Cl. The lowest BCUT2D eigenvalue weighted by Crippen LogP contribution is -2.43. The fourth-order valence-electron chi connectivity index (χ4n) is 2.77. The Kier molecular flexibility index (Phi) is 5.53. The van der Waals surface area contributed by atoms with Crippen molar-refractivity contribution in [3.8, 4) is 0 Å². The molecule has 0 bridgehead atoms. The average Bonchev–Trinajstić information content (AvgIpc) is 2.45. The standard InChI is InChI=1S/C16H22Cl2N2O/c1-16(2,14-12(17)4-3-5-13(14)18)10-20-15(21)11-6-8-19-9-7-11/h3-5,11,19H,6-10H2,1-2H3,(H,20,21). The normalized spacial score (nSPS) is 16.8. The van der Waals surface area contributed by atoms with Crippen molar-refractivity contribution in [3.05, 3.63) is 33.8 Å². The quantitative estimate of drug-likeness (QED) is 0.889. The second kappa shape index (κ2) is 6.99. The van der Waals surface area contributed by atoms with E-state index in [1.54, 1.807) is 0 Å². The van der Waals surface area contributed by atoms with Crippen LogP contribution in [0.15, 0.2) is 18.2 Å². The van der Waals surface area contributed by atoms with Gasteiger partial charge in [-0.1, -0.05) is 43.1 Å². The largest absolute Gasteiger partial charge is 0.355 e. The predicted octanol–water partition coefficient (Wildman–Crippen LogP) is 3.39. The first-order valence-electron chi connectivity index (χ1n) is 7.35. The van der Waals surface area contributed by atoms with Gasteiger partial charge >= 0.3 is 0 Å². The van der Waals surface area contributed by atoms with Gasteiger partial charge in [-0.3, -0.25) is 4.79 Å². The summed E-state index contributed by atoms with van der Waals surface area (Å²) < 4.78 is 0. The molecule has 1 aromatic carbocycles. The Hall–Kier alpha value is -0.770. The number of halogens is 2. The van der Waals surface area contributed by atoms with E-state index in [1.165, 1.54) is 0 Å². The molecule has 0 aromatic heterocycles. The van der Waals surface area contributed by atoms with Crippen LogP contribution in [0.2, 0.25) is 10.0 Å². The summed E-state index contributed by atoms with van der Waals surface area (Å²) in [7, 11) is 0. The lowest BCUT2D eigenvalue weighted by Gasteiger charge is -2.29. The molecular formula is C16H22Cl2N2O. The number of nitrogens with one attached hydrogen (secondary N) is 2. The summed E-state index contributed by atoms with van der Waals surface area (Å²) in [6, 6.07) is 5.50. The van der Waals surface area contributed by atoms with Gasteiger partial charge in [0, 0.05) is 27.9 Å². The van der Waals surface area contributed by atoms with Gasteiger partial charge in [0.15, 0.2) is 0 Å². The van der Waals surface area contributed by atoms with E-state index < -0.39 is 0 Å². The third-order valence-electron chi connectivity index (χ3n) is 4.05. The molecule has 2 N–H and O–H groups in total. The zero-order valence-corrected chi connectivity index (χ0v) is 14.0. The maximum atomic E-state index is 12.2. The number of carbonyl (C=O) groups is 1. The van der Waals surface area contributed by atoms with Crippen LogP contribution in [0, 0.1) is 5.92 Å². The van der Waals surface area contributed by atoms with Crippen molar-refractivity contribution < 1.29 is 4.79 Å². The molecule has 1 aromatic rings. The smallest absolute Gasteiger partial charge is 0.223 e. The molecule has 1 heterocycles. The molecule has 1 aliphatic rings. The molecule has 0 spiro atoms. The number of amides is 1. The Labute approximate surface area is 136 Å². The minimum Gasteiger partial charge on any atom is -0.355 e. The van der Waals surface area contributed by atoms with Crippen LogP contribution in [0.5, 0.6) is 0 Å². The highest BCUT2D eigenvalue weighted by atomic mass is 35.5. The van der Waals surface area contributed by atoms with E-state index in [2.05, 4.69) is 10.6 Å². The molecule has 0 saturated carbocycles. The van der Waals surface area contributed by atoms with E-state index in [0.717, 1.165) is 31.5 Å². The van der Waals surface area contributed by atoms with E-state index in [-0.39, 0.29) is 17.2 Å². The fourth-order valence-corrected chi connectivity index (χ4v) is 3.68. The highest BCUT2D eigenvalue weighted by Crippen LogP contribution is 2.35. The van der Waals surface area contributed by atoms with E-state index in [1.807, 2.05) is 32.0 Å². The van der Waals surface area contributed by atoms with Gasteiger partial charge < -0.3 is 10.6 Å². The summed E-state index contributed by atoms with van der Waals surface area (Å²) in [4.78, 5) is 12.2. The number of hydrogen-bond acceptors (Lipinski definition) is 2. The van der Waals surface area contributed by atoms with Gasteiger partial charge in [-0.2, -0.15) is 0 Å². The first-order chi connectivity index (χ1) is 9.92. The maximum Gasteiger partial charge on any atom is 0.223 e. The third kappa shape index (κ3) is 4.12. The summed E-state index contributed by atoms with van der Waals surface area (Å²) >= 11 is 12.5. The summed E-state index contributed by atoms with van der Waals surface area (Å²) in [5, 5.41) is 7.61. The first-order valence-corrected chi connectivity index (χ1v) is 8.10. The number of carbonyl (C=O) groups excluding carboxylic acids is 1. The minimum absolute atomic E-state index is 0.115. The van der Waals surface area contributed by atoms with E-state index in [4.69, 9.17) is 23.2 Å². The van der Waals surface area contributed by atoms with Crippen LogP contribution in [0.3, 0.4) is 0 Å². The molecule has 1 aliphatic heterocycles. The van der Waals surface area contributed by atoms with Crippen LogP contribution >= 0.6 is 23.2 Å². The molecule has 21 heavy (non-hydrogen) atoms. The van der Waals surface area contributed by atoms with Crippen LogP contribution in [0.1, 0.15) is 32.3 Å². The van der Waals surface area contributed by atoms with Gasteiger partial charge in [0.2, 0.25) is 5.91 Å². The van der Waals surface area contributed by atoms with E-state index >= 15 is 0 Å². The Bertz CT molecular complexity index is 491. The number of rotatable bonds is 4. The number of benzene rings is 1. The molecule has 0 radical (unpaired) electrons. The minimum atomic E-state index is -0.308. The summed E-state index contributed by atoms with van der Waals surface area (Å²) in [5.41, 5.74) is 0.580. The average molecular weight is 329 g/mol. The number of hydrogen-bond donors (Lipinski definition) is 2. The van der Waals surface area contributed by atoms with Crippen molar-refractivity contribution in [1.29, 1.82) is 0 Å². The van der Waals surface area contributed by atoms with Gasteiger partial charge in [0.05, 0.1) is 0 Å². The monoisotopic (exact) mass is 328 g/mol. The zero-order chi connectivity index (χ0) is 15.5. The summed E-state index contributed by atoms with van der Waals surface area (Å²) in [6.45, 7) is 6.44. The van der Waals surface area contributed by atoms with Gasteiger partial charge in [-0.25, -0.2) is 0 Å². The van der Waals surface area contributed by atoms with Gasteiger partial charge in [-0.05, 0) is 43.6 Å². The van der Waals surface area contributed by atoms with Crippen LogP contribution < -0.4 is 10.6 Å². The Morgan fingerprint density at radius 1 is 1.29 bits per heavy atom. The molecule has 0 atom stereocenters. The predicted molar refractivity (Wildman–Crippen MR) is 88.1 cm³/mol. The second-order valence-electron chi connectivity index (χ2n) is 6.22. The van der Waals surface area contributed by atoms with Crippen molar-refractivity contribution in [2.75, 3.05) is 19.6 Å². The van der Waals surface area contributed by atoms with E-state index in [9.17, 15) is 4.79 Å². The number of piperidine rings is 1. The lowest BCUT2D eigenvalue weighted by atomic mass is 9.84. The Balaban J connectivity index is 2.02. The maximum absolute atomic E-state index is 12.2.